The van der Waals surface area contributed by atoms with Gasteiger partial charge in [0, 0.05) is 37.1 Å². The highest BCUT2D eigenvalue weighted by molar-refractivity contribution is 5.97. The number of aryl methyl sites for hydroxylation is 1. The number of ether oxygens (including phenoxy) is 1. The number of rotatable bonds is 14. The number of aromatic nitrogens is 1. The van der Waals surface area contributed by atoms with E-state index in [1.54, 1.807) is 27.7 Å². The van der Waals surface area contributed by atoms with Crippen molar-refractivity contribution in [3.05, 3.63) is 65.3 Å². The van der Waals surface area contributed by atoms with Crippen molar-refractivity contribution in [2.75, 3.05) is 13.2 Å². The number of carbonyl (C=O) groups is 5. The number of benzene rings is 1. The number of hydrogen-bond acceptors (Lipinski definition) is 8. The molecule has 2 aromatic rings. The summed E-state index contributed by atoms with van der Waals surface area (Å²) in [5.41, 5.74) is 0.572. The quantitative estimate of drug-likeness (QED) is 0.188. The van der Waals surface area contributed by atoms with E-state index < -0.39 is 47.6 Å². The van der Waals surface area contributed by atoms with Gasteiger partial charge in [0.15, 0.2) is 5.69 Å². The highest BCUT2D eigenvalue weighted by Crippen LogP contribution is 2.18. The maximum absolute atomic E-state index is 13.7. The van der Waals surface area contributed by atoms with Crippen LogP contribution >= 0.6 is 0 Å². The highest BCUT2D eigenvalue weighted by Gasteiger charge is 2.32. The van der Waals surface area contributed by atoms with Crippen LogP contribution in [0, 0.1) is 24.6 Å². The zero-order valence-corrected chi connectivity index (χ0v) is 24.6. The molecule has 4 amide bonds. The van der Waals surface area contributed by atoms with Crippen molar-refractivity contribution in [3.8, 4) is 0 Å². The average Bonchev–Trinajstić information content (AvgIpc) is 3.58. The molecule has 13 heteroatoms. The lowest BCUT2D eigenvalue weighted by Gasteiger charge is -2.26. The van der Waals surface area contributed by atoms with Crippen molar-refractivity contribution in [2.24, 2.45) is 11.8 Å². The molecule has 1 aliphatic heterocycles. The molecule has 1 aromatic heterocycles. The predicted octanol–water partition coefficient (Wildman–Crippen LogP) is 1.73. The molecule has 4 atom stereocenters. The Bertz CT molecular complexity index is 1320. The largest absolute Gasteiger partial charge is 0.463 e. The topological polar surface area (TPSA) is 169 Å². The third kappa shape index (κ3) is 10.0. The summed E-state index contributed by atoms with van der Waals surface area (Å²) in [4.78, 5) is 64.1. The molecular weight excluding hydrogens is 561 g/mol. The lowest BCUT2D eigenvalue weighted by molar-refractivity contribution is -0.137. The van der Waals surface area contributed by atoms with E-state index >= 15 is 0 Å². The van der Waals surface area contributed by atoms with Crippen LogP contribution in [0.3, 0.4) is 0 Å². The first-order chi connectivity index (χ1) is 20.5. The second kappa shape index (κ2) is 15.6. The van der Waals surface area contributed by atoms with Gasteiger partial charge in [-0.2, -0.15) is 0 Å². The minimum absolute atomic E-state index is 0.00266. The fourth-order valence-corrected chi connectivity index (χ4v) is 4.58. The molecule has 0 radical (unpaired) electrons. The van der Waals surface area contributed by atoms with E-state index in [1.807, 2.05) is 0 Å². The third-order valence-corrected chi connectivity index (χ3v) is 6.86. The third-order valence-electron chi connectivity index (χ3n) is 6.86. The molecule has 2 heterocycles. The SMILES string of the molecule is CCOC(=O)/C=C/[C@H](C[C@@H]1CCNC1=O)NC(=O)[C@H](Cc1ccc(F)cc1)NC(=O)[C@@H](NC(=O)c1cc(C)on1)C(C)C. The van der Waals surface area contributed by atoms with Gasteiger partial charge in [-0.1, -0.05) is 37.2 Å². The lowest BCUT2D eigenvalue weighted by Crippen LogP contribution is -2.57. The molecule has 3 rings (SSSR count). The van der Waals surface area contributed by atoms with E-state index in [1.165, 1.54) is 42.5 Å². The van der Waals surface area contributed by atoms with Crippen molar-refractivity contribution in [1.29, 1.82) is 0 Å². The molecule has 1 fully saturated rings. The van der Waals surface area contributed by atoms with Gasteiger partial charge in [0.25, 0.3) is 5.91 Å². The van der Waals surface area contributed by atoms with Crippen molar-refractivity contribution in [3.63, 3.8) is 0 Å². The lowest BCUT2D eigenvalue weighted by atomic mass is 9.97. The van der Waals surface area contributed by atoms with Gasteiger partial charge < -0.3 is 30.5 Å². The Kier molecular flexibility index (Phi) is 12.0. The molecule has 4 N–H and O–H groups in total. The van der Waals surface area contributed by atoms with Crippen LogP contribution in [-0.2, 0) is 30.3 Å². The molecule has 1 aromatic carbocycles. The Balaban J connectivity index is 1.82. The summed E-state index contributed by atoms with van der Waals surface area (Å²) in [6, 6.07) is 3.99. The van der Waals surface area contributed by atoms with Crippen LogP contribution in [0.2, 0.25) is 0 Å². The van der Waals surface area contributed by atoms with E-state index in [2.05, 4.69) is 26.4 Å². The van der Waals surface area contributed by atoms with Crippen LogP contribution in [-0.4, -0.2) is 66.0 Å². The van der Waals surface area contributed by atoms with Gasteiger partial charge in [-0.15, -0.1) is 0 Å². The van der Waals surface area contributed by atoms with E-state index in [4.69, 9.17) is 9.26 Å². The Hall–Kier alpha value is -4.55. The monoisotopic (exact) mass is 599 g/mol. The number of nitrogens with one attached hydrogen (secondary N) is 4. The highest BCUT2D eigenvalue weighted by atomic mass is 19.1. The molecular formula is C30H38FN5O7. The van der Waals surface area contributed by atoms with Crippen LogP contribution in [0.4, 0.5) is 4.39 Å². The first kappa shape index (κ1) is 33.0. The Labute approximate surface area is 249 Å². The summed E-state index contributed by atoms with van der Waals surface area (Å²) >= 11 is 0. The van der Waals surface area contributed by atoms with Gasteiger partial charge >= 0.3 is 5.97 Å². The number of carbonyl (C=O) groups excluding carboxylic acids is 5. The minimum atomic E-state index is -1.15. The second-order valence-corrected chi connectivity index (χ2v) is 10.6. The van der Waals surface area contributed by atoms with Gasteiger partial charge in [0.1, 0.15) is 23.7 Å². The van der Waals surface area contributed by atoms with Crippen molar-refractivity contribution in [1.82, 2.24) is 26.4 Å². The summed E-state index contributed by atoms with van der Waals surface area (Å²) in [5, 5.41) is 14.6. The summed E-state index contributed by atoms with van der Waals surface area (Å²) in [5.74, 6) is -3.40. The average molecular weight is 600 g/mol. The van der Waals surface area contributed by atoms with Gasteiger partial charge in [-0.05, 0) is 50.3 Å². The number of hydrogen-bond donors (Lipinski definition) is 4. The maximum atomic E-state index is 13.7. The van der Waals surface area contributed by atoms with Gasteiger partial charge in [-0.3, -0.25) is 19.2 Å². The Morgan fingerprint density at radius 1 is 1.14 bits per heavy atom. The van der Waals surface area contributed by atoms with Crippen LogP contribution in [0.5, 0.6) is 0 Å². The van der Waals surface area contributed by atoms with E-state index in [-0.39, 0.29) is 42.9 Å². The first-order valence-electron chi connectivity index (χ1n) is 14.2. The number of halogens is 1. The minimum Gasteiger partial charge on any atom is -0.463 e. The Morgan fingerprint density at radius 2 is 1.86 bits per heavy atom. The zero-order valence-electron chi connectivity index (χ0n) is 24.6. The summed E-state index contributed by atoms with van der Waals surface area (Å²) in [6.45, 7) is 7.43. The zero-order chi connectivity index (χ0) is 31.5. The van der Waals surface area contributed by atoms with Gasteiger partial charge in [-0.25, -0.2) is 9.18 Å². The first-order valence-corrected chi connectivity index (χ1v) is 14.2. The summed E-state index contributed by atoms with van der Waals surface area (Å²) in [7, 11) is 0. The van der Waals surface area contributed by atoms with E-state index in [0.717, 1.165) is 0 Å². The van der Waals surface area contributed by atoms with Crippen LogP contribution in [0.1, 0.15) is 55.4 Å². The van der Waals surface area contributed by atoms with Crippen molar-refractivity contribution >= 4 is 29.6 Å². The molecule has 1 aliphatic rings. The number of nitrogens with zero attached hydrogens (tertiary/aromatic N) is 1. The molecule has 0 unspecified atom stereocenters. The molecule has 1 saturated heterocycles. The molecule has 0 saturated carbocycles. The van der Waals surface area contributed by atoms with Crippen LogP contribution in [0.15, 0.2) is 47.0 Å². The summed E-state index contributed by atoms with van der Waals surface area (Å²) < 4.78 is 23.5. The second-order valence-electron chi connectivity index (χ2n) is 10.6. The van der Waals surface area contributed by atoms with Crippen LogP contribution < -0.4 is 21.3 Å². The molecule has 12 nitrogen and oxygen atoms in total. The number of amides is 4. The normalized spacial score (nSPS) is 16.8. The summed E-state index contributed by atoms with van der Waals surface area (Å²) in [6.07, 6.45) is 3.42. The Morgan fingerprint density at radius 3 is 2.44 bits per heavy atom. The molecule has 232 valence electrons. The van der Waals surface area contributed by atoms with E-state index in [0.29, 0.717) is 24.3 Å². The van der Waals surface area contributed by atoms with Crippen molar-refractivity contribution < 1.29 is 37.6 Å². The smallest absolute Gasteiger partial charge is 0.330 e. The molecule has 0 spiro atoms. The fraction of sp³-hybridized carbons (Fsp3) is 0.467. The maximum Gasteiger partial charge on any atom is 0.330 e. The molecule has 0 bridgehead atoms. The fourth-order valence-electron chi connectivity index (χ4n) is 4.58. The van der Waals surface area contributed by atoms with Crippen molar-refractivity contribution in [2.45, 2.75) is 65.1 Å². The number of esters is 1. The predicted molar refractivity (Wildman–Crippen MR) is 153 cm³/mol. The molecule has 0 aliphatic carbocycles. The van der Waals surface area contributed by atoms with E-state index in [9.17, 15) is 28.4 Å². The van der Waals surface area contributed by atoms with Gasteiger partial charge in [0.2, 0.25) is 17.7 Å². The van der Waals surface area contributed by atoms with Crippen LogP contribution in [0.25, 0.3) is 0 Å². The molecule has 43 heavy (non-hydrogen) atoms. The van der Waals surface area contributed by atoms with Gasteiger partial charge in [0.05, 0.1) is 6.61 Å². The standard InChI is InChI=1S/C30H38FN5O7/c1-5-42-25(37)11-10-22(16-20-12-13-32-27(20)38)33-28(39)23(15-19-6-8-21(31)9-7-19)34-30(41)26(17(2)3)35-29(40)24-14-18(4)43-36-24/h6-11,14,17,20,22-23,26H,5,12-13,15-16H2,1-4H3,(H,32,38)(H,33,39)(H,34,41)(H,35,40)/b11-10+/t20-,22+,23-,26-/m0/s1.